The molecule has 3 nitrogen and oxygen atoms in total. The number of carbonyl (C=O) groups excluding carboxylic acids is 1. The lowest BCUT2D eigenvalue weighted by atomic mass is 10.0. The zero-order chi connectivity index (χ0) is 13.2. The number of rotatable bonds is 3. The summed E-state index contributed by atoms with van der Waals surface area (Å²) in [5, 5.41) is 3.04. The summed E-state index contributed by atoms with van der Waals surface area (Å²) in [6.07, 6.45) is 2.43. The Morgan fingerprint density at radius 3 is 2.94 bits per heavy atom. The Balaban J connectivity index is 1.99. The zero-order valence-corrected chi connectivity index (χ0v) is 11.8. The number of hydrogen-bond acceptors (Lipinski definition) is 3. The molecule has 1 amide bonds. The molecule has 1 aromatic carbocycles. The van der Waals surface area contributed by atoms with Crippen molar-refractivity contribution in [2.75, 3.05) is 18.0 Å². The van der Waals surface area contributed by atoms with Gasteiger partial charge >= 0.3 is 0 Å². The lowest BCUT2D eigenvalue weighted by molar-refractivity contribution is 0.0949. The monoisotopic (exact) mass is 264 g/mol. The third-order valence-electron chi connectivity index (χ3n) is 3.42. The second-order valence-corrected chi connectivity index (χ2v) is 6.84. The van der Waals surface area contributed by atoms with Crippen LogP contribution in [0, 0.1) is 6.92 Å². The molecular weight excluding hydrogens is 244 g/mol. The van der Waals surface area contributed by atoms with Crippen LogP contribution in [0.4, 0.5) is 5.69 Å². The quantitative estimate of drug-likeness (QED) is 0.825. The predicted molar refractivity (Wildman–Crippen MR) is 78.0 cm³/mol. The maximum absolute atomic E-state index is 12.1. The van der Waals surface area contributed by atoms with Crippen LogP contribution in [0.3, 0.4) is 0 Å². The minimum Gasteiger partial charge on any atom is -0.399 e. The SMILES string of the molecule is Cc1cc(N)ccc1C(=O)NCC1(C)CCCS1. The van der Waals surface area contributed by atoms with Crippen LogP contribution in [-0.2, 0) is 0 Å². The van der Waals surface area contributed by atoms with E-state index in [1.54, 1.807) is 12.1 Å². The highest BCUT2D eigenvalue weighted by Gasteiger charge is 2.29. The van der Waals surface area contributed by atoms with Gasteiger partial charge < -0.3 is 11.1 Å². The minimum atomic E-state index is 0.00113. The number of nitrogens with one attached hydrogen (secondary N) is 1. The van der Waals surface area contributed by atoms with E-state index in [1.807, 2.05) is 24.8 Å². The number of aryl methyl sites for hydroxylation is 1. The molecule has 1 aliphatic rings. The Hall–Kier alpha value is -1.16. The van der Waals surface area contributed by atoms with Crippen LogP contribution in [-0.4, -0.2) is 23.0 Å². The molecule has 3 N–H and O–H groups in total. The molecule has 98 valence electrons. The largest absolute Gasteiger partial charge is 0.399 e. The van der Waals surface area contributed by atoms with Gasteiger partial charge in [0.05, 0.1) is 0 Å². The van der Waals surface area contributed by atoms with Crippen molar-refractivity contribution in [1.82, 2.24) is 5.32 Å². The van der Waals surface area contributed by atoms with Gasteiger partial charge in [-0.25, -0.2) is 0 Å². The Labute approximate surface area is 113 Å². The smallest absolute Gasteiger partial charge is 0.251 e. The summed E-state index contributed by atoms with van der Waals surface area (Å²) in [6.45, 7) is 4.87. The first-order valence-corrected chi connectivity index (χ1v) is 7.27. The molecule has 18 heavy (non-hydrogen) atoms. The molecule has 0 aromatic heterocycles. The molecule has 1 unspecified atom stereocenters. The molecule has 1 saturated heterocycles. The summed E-state index contributed by atoms with van der Waals surface area (Å²) >= 11 is 1.95. The van der Waals surface area contributed by atoms with E-state index < -0.39 is 0 Å². The topological polar surface area (TPSA) is 55.1 Å². The Morgan fingerprint density at radius 2 is 2.33 bits per heavy atom. The number of thioether (sulfide) groups is 1. The Kier molecular flexibility index (Phi) is 3.85. The lowest BCUT2D eigenvalue weighted by Gasteiger charge is -2.23. The van der Waals surface area contributed by atoms with Crippen LogP contribution in [0.15, 0.2) is 18.2 Å². The van der Waals surface area contributed by atoms with Crippen LogP contribution in [0.2, 0.25) is 0 Å². The minimum absolute atomic E-state index is 0.00113. The highest BCUT2D eigenvalue weighted by atomic mass is 32.2. The number of hydrogen-bond donors (Lipinski definition) is 2. The average Bonchev–Trinajstić information content (AvgIpc) is 2.74. The van der Waals surface area contributed by atoms with Crippen molar-refractivity contribution >= 4 is 23.4 Å². The van der Waals surface area contributed by atoms with Crippen molar-refractivity contribution in [3.63, 3.8) is 0 Å². The summed E-state index contributed by atoms with van der Waals surface area (Å²) < 4.78 is 0.206. The van der Waals surface area contributed by atoms with Crippen molar-refractivity contribution in [1.29, 1.82) is 0 Å². The van der Waals surface area contributed by atoms with Crippen molar-refractivity contribution in [2.24, 2.45) is 0 Å². The molecule has 2 rings (SSSR count). The van der Waals surface area contributed by atoms with Crippen molar-refractivity contribution in [3.05, 3.63) is 29.3 Å². The molecule has 0 bridgehead atoms. The maximum Gasteiger partial charge on any atom is 0.251 e. The summed E-state index contributed by atoms with van der Waals surface area (Å²) in [7, 11) is 0. The lowest BCUT2D eigenvalue weighted by Crippen LogP contribution is -2.37. The highest BCUT2D eigenvalue weighted by molar-refractivity contribution is 8.00. The summed E-state index contributed by atoms with van der Waals surface area (Å²) in [4.78, 5) is 12.1. The number of benzene rings is 1. The maximum atomic E-state index is 12.1. The second kappa shape index (κ2) is 5.22. The average molecular weight is 264 g/mol. The van der Waals surface area contributed by atoms with Crippen molar-refractivity contribution < 1.29 is 4.79 Å². The van der Waals surface area contributed by atoms with Crippen LogP contribution in [0.25, 0.3) is 0 Å². The van der Waals surface area contributed by atoms with E-state index >= 15 is 0 Å². The standard InChI is InChI=1S/C14H20N2OS/c1-10-8-11(15)4-5-12(10)13(17)16-9-14(2)6-3-7-18-14/h4-5,8H,3,6-7,9,15H2,1-2H3,(H,16,17). The van der Waals surface area contributed by atoms with Gasteiger partial charge in [-0.3, -0.25) is 4.79 Å². The van der Waals surface area contributed by atoms with Gasteiger partial charge in [-0.05, 0) is 56.2 Å². The van der Waals surface area contributed by atoms with Gasteiger partial charge in [0.25, 0.3) is 5.91 Å². The van der Waals surface area contributed by atoms with E-state index in [4.69, 9.17) is 5.73 Å². The third-order valence-corrected chi connectivity index (χ3v) is 4.96. The van der Waals surface area contributed by atoms with Gasteiger partial charge in [-0.15, -0.1) is 0 Å². The third kappa shape index (κ3) is 2.99. The molecule has 1 fully saturated rings. The van der Waals surface area contributed by atoms with Crippen molar-refractivity contribution in [3.8, 4) is 0 Å². The van der Waals surface area contributed by atoms with E-state index in [2.05, 4.69) is 12.2 Å². The van der Waals surface area contributed by atoms with Gasteiger partial charge in [0.15, 0.2) is 0 Å². The second-order valence-electron chi connectivity index (χ2n) is 5.16. The normalized spacial score (nSPS) is 23.0. The van der Waals surface area contributed by atoms with E-state index in [-0.39, 0.29) is 10.7 Å². The molecule has 0 saturated carbocycles. The molecule has 0 spiro atoms. The fraction of sp³-hybridized carbons (Fsp3) is 0.500. The van der Waals surface area contributed by atoms with E-state index in [1.165, 1.54) is 18.6 Å². The number of nitrogens with two attached hydrogens (primary N) is 1. The first-order chi connectivity index (χ1) is 8.50. The Bertz CT molecular complexity index is 453. The van der Waals surface area contributed by atoms with Crippen LogP contribution < -0.4 is 11.1 Å². The zero-order valence-electron chi connectivity index (χ0n) is 11.0. The summed E-state index contributed by atoms with van der Waals surface area (Å²) in [5.41, 5.74) is 8.03. The van der Waals surface area contributed by atoms with E-state index in [0.717, 1.165) is 17.7 Å². The number of amides is 1. The van der Waals surface area contributed by atoms with E-state index in [9.17, 15) is 4.79 Å². The van der Waals surface area contributed by atoms with Crippen LogP contribution in [0.1, 0.15) is 35.7 Å². The number of nitrogen functional groups attached to an aromatic ring is 1. The fourth-order valence-corrected chi connectivity index (χ4v) is 3.52. The number of carbonyl (C=O) groups is 1. The molecule has 0 aliphatic carbocycles. The molecule has 1 aliphatic heterocycles. The molecule has 0 radical (unpaired) electrons. The van der Waals surface area contributed by atoms with Gasteiger partial charge in [0.2, 0.25) is 0 Å². The molecule has 1 atom stereocenters. The number of anilines is 1. The Morgan fingerprint density at radius 1 is 1.56 bits per heavy atom. The molecular formula is C14H20N2OS. The summed E-state index contributed by atoms with van der Waals surface area (Å²) in [6, 6.07) is 5.40. The first-order valence-electron chi connectivity index (χ1n) is 6.28. The predicted octanol–water partition coefficient (Wildman–Crippen LogP) is 2.59. The molecule has 4 heteroatoms. The van der Waals surface area contributed by atoms with E-state index in [0.29, 0.717) is 5.69 Å². The van der Waals surface area contributed by atoms with Crippen LogP contribution in [0.5, 0.6) is 0 Å². The van der Waals surface area contributed by atoms with Crippen molar-refractivity contribution in [2.45, 2.75) is 31.4 Å². The molecule has 1 aromatic rings. The van der Waals surface area contributed by atoms with Gasteiger partial charge in [-0.2, -0.15) is 11.8 Å². The first kappa shape index (κ1) is 13.3. The summed E-state index contributed by atoms with van der Waals surface area (Å²) in [5.74, 6) is 1.20. The fourth-order valence-electron chi connectivity index (χ4n) is 2.28. The van der Waals surface area contributed by atoms with Gasteiger partial charge in [0, 0.05) is 22.5 Å². The molecule has 1 heterocycles. The van der Waals surface area contributed by atoms with Gasteiger partial charge in [0.1, 0.15) is 0 Å². The van der Waals surface area contributed by atoms with Crippen LogP contribution >= 0.6 is 11.8 Å². The highest BCUT2D eigenvalue weighted by Crippen LogP contribution is 2.37. The van der Waals surface area contributed by atoms with Gasteiger partial charge in [-0.1, -0.05) is 0 Å².